The highest BCUT2D eigenvalue weighted by Gasteiger charge is 2.18. The van der Waals surface area contributed by atoms with Crippen LogP contribution >= 0.6 is 0 Å². The molecule has 0 spiro atoms. The summed E-state index contributed by atoms with van der Waals surface area (Å²) in [6.07, 6.45) is 4.50. The van der Waals surface area contributed by atoms with Crippen LogP contribution in [0.3, 0.4) is 0 Å². The first kappa shape index (κ1) is 32.0. The first-order valence-corrected chi connectivity index (χ1v) is 19.3. The van der Waals surface area contributed by atoms with Crippen LogP contribution in [-0.2, 0) is 0 Å². The van der Waals surface area contributed by atoms with Crippen molar-refractivity contribution in [1.29, 1.82) is 0 Å². The molecule has 0 atom stereocenters. The lowest BCUT2D eigenvalue weighted by molar-refractivity contribution is 1.17. The van der Waals surface area contributed by atoms with Gasteiger partial charge in [0.1, 0.15) is 0 Å². The number of benzene rings is 9. The summed E-state index contributed by atoms with van der Waals surface area (Å²) in [7, 11) is 0. The summed E-state index contributed by atoms with van der Waals surface area (Å²) in [5.41, 5.74) is 16.7. The van der Waals surface area contributed by atoms with Gasteiger partial charge in [-0.1, -0.05) is 146 Å². The van der Waals surface area contributed by atoms with Gasteiger partial charge in [0.2, 0.25) is 0 Å². The number of rotatable bonds is 7. The Morgan fingerprint density at radius 3 is 1.41 bits per heavy atom. The standard InChI is InChI=1S/C54H36N2/c1-3-11-37(12-4-1)38-21-26-44(27-22-38)55(46-30-32-47(33-31-46)56-52-17-9-7-15-49(52)50-16-8-10-18-53(50)56)45-28-23-39(24-29-45)43-35-42-20-19-41-25-34-48(51(36-43)54(41)42)40-13-5-2-6-14-40/h1-36H. The van der Waals surface area contributed by atoms with Gasteiger partial charge in [0.15, 0.2) is 0 Å². The molecule has 0 aliphatic heterocycles. The molecule has 0 N–H and O–H groups in total. The molecule has 9 aromatic carbocycles. The van der Waals surface area contributed by atoms with Crippen molar-refractivity contribution in [2.75, 3.05) is 4.90 Å². The maximum atomic E-state index is 2.38. The number of hydrogen-bond acceptors (Lipinski definition) is 1. The summed E-state index contributed by atoms with van der Waals surface area (Å²) in [5, 5.41) is 5.15. The Bertz CT molecular complexity index is 3030. The zero-order valence-electron chi connectivity index (χ0n) is 30.7. The first-order valence-electron chi connectivity index (χ1n) is 19.3. The molecule has 10 aromatic rings. The summed E-state index contributed by atoms with van der Waals surface area (Å²) in [6.45, 7) is 0. The van der Waals surface area contributed by atoms with Crippen molar-refractivity contribution in [1.82, 2.24) is 4.57 Å². The van der Waals surface area contributed by atoms with E-state index in [2.05, 4.69) is 228 Å². The van der Waals surface area contributed by atoms with Gasteiger partial charge in [-0.2, -0.15) is 0 Å². The van der Waals surface area contributed by atoms with Gasteiger partial charge < -0.3 is 9.47 Å². The predicted octanol–water partition coefficient (Wildman–Crippen LogP) is 14.9. The van der Waals surface area contributed by atoms with Crippen molar-refractivity contribution in [2.45, 2.75) is 0 Å². The van der Waals surface area contributed by atoms with Crippen LogP contribution in [0.15, 0.2) is 206 Å². The van der Waals surface area contributed by atoms with Crippen molar-refractivity contribution in [2.24, 2.45) is 0 Å². The highest BCUT2D eigenvalue weighted by molar-refractivity contribution is 6.12. The van der Waals surface area contributed by atoms with Crippen molar-refractivity contribution in [3.05, 3.63) is 217 Å². The molecule has 0 amide bonds. The number of anilines is 3. The zero-order valence-corrected chi connectivity index (χ0v) is 30.7. The topological polar surface area (TPSA) is 8.17 Å². The maximum absolute atomic E-state index is 2.38. The highest BCUT2D eigenvalue weighted by atomic mass is 15.1. The van der Waals surface area contributed by atoms with Gasteiger partial charge in [-0.3, -0.25) is 0 Å². The van der Waals surface area contributed by atoms with E-state index in [1.54, 1.807) is 0 Å². The van der Waals surface area contributed by atoms with Crippen LogP contribution in [-0.4, -0.2) is 4.57 Å². The molecular weight excluding hydrogens is 677 g/mol. The molecule has 0 unspecified atom stereocenters. The van der Waals surface area contributed by atoms with Crippen molar-refractivity contribution >= 4 is 61.8 Å². The summed E-state index contributed by atoms with van der Waals surface area (Å²) in [4.78, 5) is 2.36. The van der Waals surface area contributed by atoms with Gasteiger partial charge in [0, 0.05) is 33.5 Å². The second kappa shape index (κ2) is 13.2. The van der Waals surface area contributed by atoms with Crippen LogP contribution in [0.5, 0.6) is 0 Å². The Hall–Kier alpha value is -7.42. The van der Waals surface area contributed by atoms with Gasteiger partial charge in [0.05, 0.1) is 11.0 Å². The molecular formula is C54H36N2. The monoisotopic (exact) mass is 712 g/mol. The second-order valence-corrected chi connectivity index (χ2v) is 14.6. The van der Waals surface area contributed by atoms with E-state index < -0.39 is 0 Å². The van der Waals surface area contributed by atoms with Crippen molar-refractivity contribution < 1.29 is 0 Å². The SMILES string of the molecule is C1=Cc2cc(-c3ccc(N(c4ccc(-c5ccccc5)cc4)c4ccc(-n5c6ccccc6c6ccccc65)cc4)cc3)cc3c(-c4ccccc4)ccc1c23. The lowest BCUT2D eigenvalue weighted by Gasteiger charge is -2.26. The Balaban J connectivity index is 1.01. The highest BCUT2D eigenvalue weighted by Crippen LogP contribution is 2.42. The number of nitrogens with zero attached hydrogens (tertiary/aromatic N) is 2. The fourth-order valence-corrected chi connectivity index (χ4v) is 8.67. The minimum atomic E-state index is 1.10. The fourth-order valence-electron chi connectivity index (χ4n) is 8.67. The second-order valence-electron chi connectivity index (χ2n) is 14.6. The van der Waals surface area contributed by atoms with E-state index in [9.17, 15) is 0 Å². The molecule has 1 aliphatic carbocycles. The van der Waals surface area contributed by atoms with E-state index in [1.165, 1.54) is 77.1 Å². The molecule has 0 radical (unpaired) electrons. The molecule has 1 aromatic heterocycles. The molecule has 56 heavy (non-hydrogen) atoms. The molecule has 0 saturated carbocycles. The quantitative estimate of drug-likeness (QED) is 0.160. The molecule has 1 heterocycles. The van der Waals surface area contributed by atoms with Crippen LogP contribution in [0.25, 0.3) is 83.8 Å². The first-order chi connectivity index (χ1) is 27.8. The minimum Gasteiger partial charge on any atom is -0.311 e. The smallest absolute Gasteiger partial charge is 0.0541 e. The third-order valence-corrected chi connectivity index (χ3v) is 11.3. The van der Waals surface area contributed by atoms with Gasteiger partial charge in [-0.05, 0) is 128 Å². The van der Waals surface area contributed by atoms with Crippen LogP contribution in [0.1, 0.15) is 11.1 Å². The van der Waals surface area contributed by atoms with Gasteiger partial charge in [0.25, 0.3) is 0 Å². The third-order valence-electron chi connectivity index (χ3n) is 11.3. The largest absolute Gasteiger partial charge is 0.311 e. The lowest BCUT2D eigenvalue weighted by atomic mass is 9.91. The van der Waals surface area contributed by atoms with Gasteiger partial charge in [-0.15, -0.1) is 0 Å². The molecule has 11 rings (SSSR count). The fraction of sp³-hybridized carbons (Fsp3) is 0. The molecule has 262 valence electrons. The molecule has 0 saturated heterocycles. The Morgan fingerprint density at radius 2 is 0.804 bits per heavy atom. The Labute approximate surface area is 326 Å². The summed E-state index contributed by atoms with van der Waals surface area (Å²) < 4.78 is 2.37. The third kappa shape index (κ3) is 5.34. The zero-order chi connectivity index (χ0) is 37.0. The van der Waals surface area contributed by atoms with E-state index in [0.717, 1.165) is 22.7 Å². The van der Waals surface area contributed by atoms with E-state index in [0.29, 0.717) is 0 Å². The van der Waals surface area contributed by atoms with Crippen LogP contribution in [0.2, 0.25) is 0 Å². The van der Waals surface area contributed by atoms with Crippen molar-refractivity contribution in [3.8, 4) is 39.1 Å². The molecule has 2 heteroatoms. The van der Waals surface area contributed by atoms with Gasteiger partial charge >= 0.3 is 0 Å². The molecule has 0 fully saturated rings. The molecule has 2 nitrogen and oxygen atoms in total. The Morgan fingerprint density at radius 1 is 0.321 bits per heavy atom. The normalized spacial score (nSPS) is 11.9. The van der Waals surface area contributed by atoms with Crippen molar-refractivity contribution in [3.63, 3.8) is 0 Å². The van der Waals surface area contributed by atoms with E-state index in [1.807, 2.05) is 0 Å². The average Bonchev–Trinajstić information content (AvgIpc) is 3.85. The maximum Gasteiger partial charge on any atom is 0.0541 e. The number of hydrogen-bond donors (Lipinski definition) is 0. The van der Waals surface area contributed by atoms with Gasteiger partial charge in [-0.25, -0.2) is 0 Å². The average molecular weight is 713 g/mol. The Kier molecular flexibility index (Phi) is 7.53. The van der Waals surface area contributed by atoms with E-state index >= 15 is 0 Å². The number of aromatic nitrogens is 1. The molecule has 1 aliphatic rings. The van der Waals surface area contributed by atoms with Crippen LogP contribution in [0.4, 0.5) is 17.1 Å². The van der Waals surface area contributed by atoms with Crippen LogP contribution < -0.4 is 4.90 Å². The summed E-state index contributed by atoms with van der Waals surface area (Å²) in [5.74, 6) is 0. The molecule has 0 bridgehead atoms. The number of fused-ring (bicyclic) bond motifs is 3. The summed E-state index contributed by atoms with van der Waals surface area (Å²) in [6, 6.07) is 74.9. The lowest BCUT2D eigenvalue weighted by Crippen LogP contribution is -2.10. The van der Waals surface area contributed by atoms with E-state index in [-0.39, 0.29) is 0 Å². The predicted molar refractivity (Wildman–Crippen MR) is 238 cm³/mol. The minimum absolute atomic E-state index is 1.10. The number of para-hydroxylation sites is 2. The van der Waals surface area contributed by atoms with E-state index in [4.69, 9.17) is 0 Å². The van der Waals surface area contributed by atoms with Crippen LogP contribution in [0, 0.1) is 0 Å². The summed E-state index contributed by atoms with van der Waals surface area (Å²) >= 11 is 0.